The van der Waals surface area contributed by atoms with E-state index >= 15 is 0 Å². The zero-order valence-corrected chi connectivity index (χ0v) is 14.2. The summed E-state index contributed by atoms with van der Waals surface area (Å²) in [7, 11) is 1.64. The number of aryl methyl sites for hydroxylation is 1. The van der Waals surface area contributed by atoms with Gasteiger partial charge in [0.05, 0.1) is 0 Å². The van der Waals surface area contributed by atoms with Crippen LogP contribution in [0.4, 0.5) is 0 Å². The van der Waals surface area contributed by atoms with Crippen molar-refractivity contribution in [3.05, 3.63) is 64.2 Å². The van der Waals surface area contributed by atoms with Crippen LogP contribution in [0.15, 0.2) is 42.5 Å². The van der Waals surface area contributed by atoms with E-state index in [0.29, 0.717) is 11.6 Å². The van der Waals surface area contributed by atoms with Crippen LogP contribution in [0.5, 0.6) is 5.75 Å². The summed E-state index contributed by atoms with van der Waals surface area (Å²) in [5, 5.41) is 9.94. The van der Waals surface area contributed by atoms with Gasteiger partial charge in [-0.25, -0.2) is 4.79 Å². The summed E-state index contributed by atoms with van der Waals surface area (Å²) in [6.07, 6.45) is 0. The van der Waals surface area contributed by atoms with Gasteiger partial charge in [0.25, 0.3) is 5.91 Å². The number of hydrogen-bond acceptors (Lipinski definition) is 4. The molecule has 0 heterocycles. The number of nitrogens with zero attached hydrogens (tertiary/aromatic N) is 1. The van der Waals surface area contributed by atoms with Crippen molar-refractivity contribution in [1.29, 1.82) is 0 Å². The highest BCUT2D eigenvalue weighted by atomic mass is 35.5. The topological polar surface area (TPSA) is 66.8 Å². The number of benzene rings is 2. The number of phenols is 1. The molecule has 0 aliphatic rings. The summed E-state index contributed by atoms with van der Waals surface area (Å²) in [6.45, 7) is 1.98. The molecule has 0 spiro atoms. The minimum Gasteiger partial charge on any atom is -0.507 e. The van der Waals surface area contributed by atoms with Crippen LogP contribution in [0.25, 0.3) is 0 Å². The third-order valence-electron chi connectivity index (χ3n) is 3.60. The van der Waals surface area contributed by atoms with Crippen LogP contribution in [0.1, 0.15) is 21.5 Å². The Kier molecular flexibility index (Phi) is 5.82. The molecule has 0 unspecified atom stereocenters. The van der Waals surface area contributed by atoms with E-state index in [0.717, 1.165) is 11.1 Å². The maximum Gasteiger partial charge on any atom is 0.342 e. The minimum absolute atomic E-state index is 0.0724. The number of carbonyl (C=O) groups is 2. The number of aromatic hydroxyl groups is 1. The summed E-state index contributed by atoms with van der Waals surface area (Å²) >= 11 is 5.79. The van der Waals surface area contributed by atoms with Crippen LogP contribution in [-0.2, 0) is 16.1 Å². The van der Waals surface area contributed by atoms with E-state index in [1.807, 2.05) is 31.2 Å². The van der Waals surface area contributed by atoms with E-state index in [2.05, 4.69) is 0 Å². The summed E-state index contributed by atoms with van der Waals surface area (Å²) in [6, 6.07) is 11.8. The van der Waals surface area contributed by atoms with Crippen molar-refractivity contribution >= 4 is 23.5 Å². The highest BCUT2D eigenvalue weighted by Gasteiger charge is 2.17. The van der Waals surface area contributed by atoms with Gasteiger partial charge >= 0.3 is 5.97 Å². The first-order valence-corrected chi connectivity index (χ1v) is 7.70. The van der Waals surface area contributed by atoms with Crippen molar-refractivity contribution in [3.8, 4) is 5.75 Å². The predicted molar refractivity (Wildman–Crippen MR) is 91.1 cm³/mol. The zero-order valence-electron chi connectivity index (χ0n) is 13.5. The van der Waals surface area contributed by atoms with E-state index in [-0.39, 0.29) is 17.2 Å². The summed E-state index contributed by atoms with van der Waals surface area (Å²) < 4.78 is 4.97. The maximum absolute atomic E-state index is 12.1. The van der Waals surface area contributed by atoms with Crippen LogP contribution in [-0.4, -0.2) is 35.5 Å². The van der Waals surface area contributed by atoms with Crippen molar-refractivity contribution in [2.45, 2.75) is 13.5 Å². The van der Waals surface area contributed by atoms with Gasteiger partial charge in [0, 0.05) is 18.6 Å². The molecule has 0 saturated heterocycles. The molecule has 0 fully saturated rings. The number of rotatable bonds is 5. The molecule has 0 bridgehead atoms. The number of carbonyl (C=O) groups excluding carboxylic acids is 2. The highest BCUT2D eigenvalue weighted by molar-refractivity contribution is 6.31. The van der Waals surface area contributed by atoms with Gasteiger partial charge in [-0.3, -0.25) is 4.79 Å². The Labute approximate surface area is 145 Å². The van der Waals surface area contributed by atoms with Crippen LogP contribution in [0.2, 0.25) is 5.02 Å². The second-order valence-corrected chi connectivity index (χ2v) is 5.85. The van der Waals surface area contributed by atoms with Crippen molar-refractivity contribution in [2.75, 3.05) is 13.7 Å². The van der Waals surface area contributed by atoms with Crippen molar-refractivity contribution in [1.82, 2.24) is 4.90 Å². The number of esters is 1. The number of halogens is 1. The molecule has 6 heteroatoms. The average molecular weight is 348 g/mol. The normalized spacial score (nSPS) is 10.3. The molecule has 1 N–H and O–H groups in total. The lowest BCUT2D eigenvalue weighted by Gasteiger charge is -2.18. The monoisotopic (exact) mass is 347 g/mol. The Morgan fingerprint density at radius 3 is 2.62 bits per heavy atom. The van der Waals surface area contributed by atoms with E-state index in [1.54, 1.807) is 7.05 Å². The lowest BCUT2D eigenvalue weighted by Crippen LogP contribution is -2.31. The predicted octanol–water partition coefficient (Wildman–Crippen LogP) is 3.17. The number of phenolic OH excluding ortho intramolecular Hbond substituents is 1. The Hall–Kier alpha value is -2.53. The van der Waals surface area contributed by atoms with Gasteiger partial charge in [-0.05, 0) is 36.2 Å². The van der Waals surface area contributed by atoms with E-state index in [9.17, 15) is 14.7 Å². The lowest BCUT2D eigenvalue weighted by atomic mass is 10.1. The average Bonchev–Trinajstić information content (AvgIpc) is 2.56. The Bertz CT molecular complexity index is 760. The van der Waals surface area contributed by atoms with E-state index in [4.69, 9.17) is 16.3 Å². The molecule has 0 aliphatic carbocycles. The molecule has 0 saturated carbocycles. The van der Waals surface area contributed by atoms with E-state index in [1.165, 1.54) is 23.1 Å². The molecule has 5 nitrogen and oxygen atoms in total. The number of amides is 1. The van der Waals surface area contributed by atoms with Gasteiger partial charge in [-0.1, -0.05) is 35.9 Å². The van der Waals surface area contributed by atoms with Crippen molar-refractivity contribution in [3.63, 3.8) is 0 Å². The van der Waals surface area contributed by atoms with E-state index < -0.39 is 12.6 Å². The third-order valence-corrected chi connectivity index (χ3v) is 3.83. The number of hydrogen-bond donors (Lipinski definition) is 1. The molecule has 24 heavy (non-hydrogen) atoms. The second kappa shape index (κ2) is 7.84. The van der Waals surface area contributed by atoms with Gasteiger partial charge in [0.15, 0.2) is 6.61 Å². The first-order chi connectivity index (χ1) is 11.4. The van der Waals surface area contributed by atoms with Crippen LogP contribution < -0.4 is 0 Å². The number of likely N-dealkylation sites (N-methyl/N-ethyl adjacent to an activating group) is 1. The molecule has 2 aromatic rings. The van der Waals surface area contributed by atoms with Gasteiger partial charge in [0.2, 0.25) is 0 Å². The van der Waals surface area contributed by atoms with Gasteiger partial charge < -0.3 is 14.7 Å². The van der Waals surface area contributed by atoms with Gasteiger partial charge in [0.1, 0.15) is 11.3 Å². The molecule has 2 rings (SSSR count). The fourth-order valence-corrected chi connectivity index (χ4v) is 2.29. The van der Waals surface area contributed by atoms with Crippen LogP contribution >= 0.6 is 11.6 Å². The quantitative estimate of drug-likeness (QED) is 0.844. The molecular formula is C18H18ClNO4. The molecule has 126 valence electrons. The standard InChI is InChI=1S/C18H18ClNO4/c1-12-5-3-4-6-13(12)10-20(2)17(22)11-24-18(23)15-9-14(19)7-8-16(15)21/h3-9,21H,10-11H2,1-2H3. The first kappa shape index (κ1) is 17.8. The molecular weight excluding hydrogens is 330 g/mol. The van der Waals surface area contributed by atoms with Crippen molar-refractivity contribution in [2.24, 2.45) is 0 Å². The Morgan fingerprint density at radius 2 is 1.92 bits per heavy atom. The molecule has 0 radical (unpaired) electrons. The fraction of sp³-hybridized carbons (Fsp3) is 0.222. The SMILES string of the molecule is Cc1ccccc1CN(C)C(=O)COC(=O)c1cc(Cl)ccc1O. The fourth-order valence-electron chi connectivity index (χ4n) is 2.12. The molecule has 0 aromatic heterocycles. The molecule has 0 aliphatic heterocycles. The summed E-state index contributed by atoms with van der Waals surface area (Å²) in [5.74, 6) is -1.38. The largest absolute Gasteiger partial charge is 0.507 e. The summed E-state index contributed by atoms with van der Waals surface area (Å²) in [5.41, 5.74) is 2.03. The van der Waals surface area contributed by atoms with Crippen molar-refractivity contribution < 1.29 is 19.4 Å². The zero-order chi connectivity index (χ0) is 17.7. The minimum atomic E-state index is -0.798. The molecule has 0 atom stereocenters. The van der Waals surface area contributed by atoms with Gasteiger partial charge in [-0.2, -0.15) is 0 Å². The Balaban J connectivity index is 1.93. The van der Waals surface area contributed by atoms with Crippen LogP contribution in [0, 0.1) is 6.92 Å². The Morgan fingerprint density at radius 1 is 1.21 bits per heavy atom. The lowest BCUT2D eigenvalue weighted by molar-refractivity contribution is -0.133. The molecule has 2 aromatic carbocycles. The van der Waals surface area contributed by atoms with Gasteiger partial charge in [-0.15, -0.1) is 0 Å². The maximum atomic E-state index is 12.1. The third kappa shape index (κ3) is 4.49. The number of ether oxygens (including phenoxy) is 1. The highest BCUT2D eigenvalue weighted by Crippen LogP contribution is 2.22. The first-order valence-electron chi connectivity index (χ1n) is 7.32. The molecule has 1 amide bonds. The summed E-state index contributed by atoms with van der Waals surface area (Å²) in [4.78, 5) is 25.5. The smallest absolute Gasteiger partial charge is 0.342 e. The second-order valence-electron chi connectivity index (χ2n) is 5.41. The van der Waals surface area contributed by atoms with Crippen LogP contribution in [0.3, 0.4) is 0 Å².